The van der Waals surface area contributed by atoms with Crippen molar-refractivity contribution in [2.75, 3.05) is 28.4 Å². The molecule has 0 aromatic carbocycles. The molecule has 0 saturated carbocycles. The van der Waals surface area contributed by atoms with Crippen LogP contribution in [0, 0.1) is 5.92 Å². The fraction of sp³-hybridized carbons (Fsp3) is 0.833. The molecule has 0 radical (unpaired) electrons. The summed E-state index contributed by atoms with van der Waals surface area (Å²) >= 11 is 0. The Morgan fingerprint density at radius 3 is 2.06 bits per heavy atom. The van der Waals surface area contributed by atoms with Crippen LogP contribution in [-0.2, 0) is 18.9 Å². The van der Waals surface area contributed by atoms with Gasteiger partial charge in [-0.2, -0.15) is 0 Å². The van der Waals surface area contributed by atoms with Crippen LogP contribution in [-0.4, -0.2) is 34.7 Å². The smallest absolute Gasteiger partial charge is 0.274 e. The van der Waals surface area contributed by atoms with E-state index in [0.29, 0.717) is 11.9 Å². The third-order valence-corrected chi connectivity index (χ3v) is 2.51. The predicted molar refractivity (Wildman–Crippen MR) is 62.9 cm³/mol. The maximum atomic E-state index is 5.19. The summed E-state index contributed by atoms with van der Waals surface area (Å²) in [6, 6.07) is 0. The largest absolute Gasteiger partial charge is 0.469 e. The monoisotopic (exact) mass is 232 g/mol. The Hall–Kier alpha value is -0.740. The summed E-state index contributed by atoms with van der Waals surface area (Å²) in [7, 11) is 6.53. The van der Waals surface area contributed by atoms with Crippen LogP contribution in [0.2, 0.25) is 0 Å². The summed E-state index contributed by atoms with van der Waals surface area (Å²) in [5.74, 6) is 0.958. The number of unbranched alkanes of at least 4 members (excludes halogenated alkanes) is 1. The average molecular weight is 232 g/mol. The molecule has 1 atom stereocenters. The van der Waals surface area contributed by atoms with Crippen LogP contribution in [0.4, 0.5) is 0 Å². The van der Waals surface area contributed by atoms with Crippen LogP contribution in [0.15, 0.2) is 12.0 Å². The molecule has 1 unspecified atom stereocenters. The normalized spacial score (nSPS) is 12.4. The molecule has 0 aliphatic rings. The summed E-state index contributed by atoms with van der Waals surface area (Å²) in [6.45, 7) is 2.12. The van der Waals surface area contributed by atoms with Crippen LogP contribution in [0.1, 0.15) is 26.2 Å². The quantitative estimate of drug-likeness (QED) is 0.348. The Bertz CT molecular complexity index is 181. The summed E-state index contributed by atoms with van der Waals surface area (Å²) < 4.78 is 20.4. The van der Waals surface area contributed by atoms with Crippen molar-refractivity contribution in [2.24, 2.45) is 5.92 Å². The number of hydrogen-bond acceptors (Lipinski definition) is 4. The first-order valence-electron chi connectivity index (χ1n) is 5.53. The summed E-state index contributed by atoms with van der Waals surface area (Å²) in [5, 5.41) is 0. The molecule has 0 bridgehead atoms. The highest BCUT2D eigenvalue weighted by molar-refractivity contribution is 4.82. The molecule has 0 heterocycles. The van der Waals surface area contributed by atoms with E-state index >= 15 is 0 Å². The third kappa shape index (κ3) is 5.98. The van der Waals surface area contributed by atoms with Gasteiger partial charge in [-0.25, -0.2) is 0 Å². The molecule has 0 spiro atoms. The van der Waals surface area contributed by atoms with Crippen molar-refractivity contribution < 1.29 is 18.9 Å². The Kier molecular flexibility index (Phi) is 9.04. The SMILES string of the molecule is COC(=CCCCC(C)C(OC)OC)OC. The Morgan fingerprint density at radius 1 is 1.06 bits per heavy atom. The molecule has 4 heteroatoms. The minimum Gasteiger partial charge on any atom is -0.469 e. The molecule has 0 aromatic rings. The van der Waals surface area contributed by atoms with Gasteiger partial charge in [-0.05, 0) is 25.3 Å². The van der Waals surface area contributed by atoms with Crippen molar-refractivity contribution in [1.82, 2.24) is 0 Å². The van der Waals surface area contributed by atoms with Gasteiger partial charge < -0.3 is 18.9 Å². The average Bonchev–Trinajstić information content (AvgIpc) is 2.31. The van der Waals surface area contributed by atoms with Crippen molar-refractivity contribution in [2.45, 2.75) is 32.5 Å². The number of allylic oxidation sites excluding steroid dienone is 1. The molecular weight excluding hydrogens is 208 g/mol. The first-order valence-corrected chi connectivity index (χ1v) is 5.53. The van der Waals surface area contributed by atoms with Crippen molar-refractivity contribution >= 4 is 0 Å². The maximum absolute atomic E-state index is 5.19. The highest BCUT2D eigenvalue weighted by atomic mass is 16.7. The second kappa shape index (κ2) is 9.48. The third-order valence-electron chi connectivity index (χ3n) is 2.51. The second-order valence-corrected chi connectivity index (χ2v) is 3.68. The van der Waals surface area contributed by atoms with Gasteiger partial charge in [-0.15, -0.1) is 0 Å². The molecular formula is C12H24O4. The van der Waals surface area contributed by atoms with Gasteiger partial charge in [-0.3, -0.25) is 0 Å². The summed E-state index contributed by atoms with van der Waals surface area (Å²) in [4.78, 5) is 0. The van der Waals surface area contributed by atoms with Gasteiger partial charge in [0.05, 0.1) is 14.2 Å². The molecule has 0 rings (SSSR count). The van der Waals surface area contributed by atoms with Gasteiger partial charge in [0.15, 0.2) is 6.29 Å². The van der Waals surface area contributed by atoms with Crippen molar-refractivity contribution in [1.29, 1.82) is 0 Å². The standard InChI is InChI=1S/C12H24O4/c1-10(12(15-4)16-5)8-6-7-9-11(13-2)14-3/h9-10,12H,6-8H2,1-5H3. The zero-order valence-corrected chi connectivity index (χ0v) is 11.0. The molecule has 0 aliphatic carbocycles. The van der Waals surface area contributed by atoms with Gasteiger partial charge in [0, 0.05) is 20.1 Å². The van der Waals surface area contributed by atoms with E-state index in [1.54, 1.807) is 28.4 Å². The van der Waals surface area contributed by atoms with Gasteiger partial charge in [0.2, 0.25) is 0 Å². The van der Waals surface area contributed by atoms with E-state index < -0.39 is 0 Å². The minimum absolute atomic E-state index is 0.117. The van der Waals surface area contributed by atoms with Crippen LogP contribution in [0.25, 0.3) is 0 Å². The topological polar surface area (TPSA) is 36.9 Å². The second-order valence-electron chi connectivity index (χ2n) is 3.68. The number of methoxy groups -OCH3 is 4. The molecule has 0 aromatic heterocycles. The lowest BCUT2D eigenvalue weighted by Gasteiger charge is -2.20. The van der Waals surface area contributed by atoms with E-state index in [2.05, 4.69) is 6.92 Å². The van der Waals surface area contributed by atoms with E-state index in [0.717, 1.165) is 19.3 Å². The maximum Gasteiger partial charge on any atom is 0.274 e. The van der Waals surface area contributed by atoms with E-state index in [1.807, 2.05) is 6.08 Å². The van der Waals surface area contributed by atoms with Gasteiger partial charge in [0.25, 0.3) is 5.95 Å². The Balaban J connectivity index is 3.76. The lowest BCUT2D eigenvalue weighted by atomic mass is 10.0. The number of hydrogen-bond donors (Lipinski definition) is 0. The van der Waals surface area contributed by atoms with E-state index in [-0.39, 0.29) is 6.29 Å². The molecule has 0 fully saturated rings. The van der Waals surface area contributed by atoms with Crippen LogP contribution in [0.5, 0.6) is 0 Å². The fourth-order valence-electron chi connectivity index (χ4n) is 1.61. The Morgan fingerprint density at radius 2 is 1.62 bits per heavy atom. The molecule has 4 nitrogen and oxygen atoms in total. The summed E-state index contributed by atoms with van der Waals surface area (Å²) in [5.41, 5.74) is 0. The number of rotatable bonds is 9. The first-order chi connectivity index (χ1) is 7.69. The van der Waals surface area contributed by atoms with Crippen LogP contribution in [0.3, 0.4) is 0 Å². The molecule has 16 heavy (non-hydrogen) atoms. The predicted octanol–water partition coefficient (Wildman–Crippen LogP) is 2.55. The Labute approximate surface area is 98.5 Å². The van der Waals surface area contributed by atoms with E-state index in [4.69, 9.17) is 18.9 Å². The minimum atomic E-state index is -0.117. The zero-order chi connectivity index (χ0) is 12.4. The highest BCUT2D eigenvalue weighted by Gasteiger charge is 2.14. The molecule has 0 aliphatic heterocycles. The van der Waals surface area contributed by atoms with Crippen molar-refractivity contribution in [3.8, 4) is 0 Å². The van der Waals surface area contributed by atoms with Crippen LogP contribution < -0.4 is 0 Å². The molecule has 0 saturated heterocycles. The fourth-order valence-corrected chi connectivity index (χ4v) is 1.61. The van der Waals surface area contributed by atoms with E-state index in [9.17, 15) is 0 Å². The highest BCUT2D eigenvalue weighted by Crippen LogP contribution is 2.16. The zero-order valence-electron chi connectivity index (χ0n) is 11.0. The molecule has 0 amide bonds. The number of ether oxygens (including phenoxy) is 4. The van der Waals surface area contributed by atoms with Crippen molar-refractivity contribution in [3.63, 3.8) is 0 Å². The molecule has 96 valence electrons. The van der Waals surface area contributed by atoms with Gasteiger partial charge in [0.1, 0.15) is 0 Å². The van der Waals surface area contributed by atoms with Gasteiger partial charge in [-0.1, -0.05) is 6.92 Å². The first kappa shape index (κ1) is 15.3. The lowest BCUT2D eigenvalue weighted by Crippen LogP contribution is -2.22. The molecule has 0 N–H and O–H groups in total. The van der Waals surface area contributed by atoms with E-state index in [1.165, 1.54) is 0 Å². The summed E-state index contributed by atoms with van der Waals surface area (Å²) in [6.07, 6.45) is 4.86. The van der Waals surface area contributed by atoms with Crippen molar-refractivity contribution in [3.05, 3.63) is 12.0 Å². The van der Waals surface area contributed by atoms with Gasteiger partial charge >= 0.3 is 0 Å². The van der Waals surface area contributed by atoms with Crippen LogP contribution >= 0.6 is 0 Å². The lowest BCUT2D eigenvalue weighted by molar-refractivity contribution is -0.134.